The number of aromatic nitrogens is 3. The van der Waals surface area contributed by atoms with Gasteiger partial charge in [0, 0.05) is 11.3 Å². The monoisotopic (exact) mass is 387 g/mol. The molecule has 0 fully saturated rings. The lowest BCUT2D eigenvalue weighted by Crippen LogP contribution is -2.02. The van der Waals surface area contributed by atoms with Gasteiger partial charge in [-0.1, -0.05) is 30.0 Å². The summed E-state index contributed by atoms with van der Waals surface area (Å²) >= 11 is 1.05. The van der Waals surface area contributed by atoms with Crippen LogP contribution in [0.1, 0.15) is 5.56 Å². The average Bonchev–Trinajstić information content (AvgIpc) is 3.31. The van der Waals surface area contributed by atoms with Crippen LogP contribution in [0.3, 0.4) is 0 Å². The Morgan fingerprint density at radius 1 is 0.852 bits per heavy atom. The smallest absolute Gasteiger partial charge is 0.205 e. The van der Waals surface area contributed by atoms with Gasteiger partial charge in [0.1, 0.15) is 17.5 Å². The highest BCUT2D eigenvalue weighted by Gasteiger charge is 2.21. The zero-order valence-corrected chi connectivity index (χ0v) is 14.6. The first-order valence-corrected chi connectivity index (χ1v) is 8.93. The van der Waals surface area contributed by atoms with E-state index in [9.17, 15) is 13.2 Å². The minimum Gasteiger partial charge on any atom is -0.461 e. The number of para-hydroxylation sites is 1. The number of furan rings is 1. The predicted octanol–water partition coefficient (Wildman–Crippen LogP) is 5.24. The fourth-order valence-corrected chi connectivity index (χ4v) is 3.55. The summed E-state index contributed by atoms with van der Waals surface area (Å²) in [4.78, 5) is 0. The van der Waals surface area contributed by atoms with Crippen LogP contribution in [0.15, 0.2) is 70.4 Å². The summed E-state index contributed by atoms with van der Waals surface area (Å²) in [5.74, 6) is -1.11. The molecule has 0 unspecified atom stereocenters. The largest absolute Gasteiger partial charge is 0.461 e. The van der Waals surface area contributed by atoms with Crippen LogP contribution in [0, 0.1) is 17.5 Å². The van der Waals surface area contributed by atoms with Crippen molar-refractivity contribution >= 4 is 11.8 Å². The molecule has 136 valence electrons. The molecule has 0 bridgehead atoms. The standard InChI is InChI=1S/C19H12F3N3OS/c20-13-6-3-7-14(21)12(13)11-27-19-24-23-18(17-9-4-10-26-17)25(19)16-8-2-1-5-15(16)22/h1-10H,11H2. The summed E-state index contributed by atoms with van der Waals surface area (Å²) in [5, 5.41) is 8.43. The molecule has 0 atom stereocenters. The van der Waals surface area contributed by atoms with Gasteiger partial charge in [0.15, 0.2) is 10.9 Å². The Hall–Kier alpha value is -3.00. The molecule has 4 aromatic rings. The number of nitrogens with zero attached hydrogens (tertiary/aromatic N) is 3. The molecule has 0 N–H and O–H groups in total. The third kappa shape index (κ3) is 3.35. The highest BCUT2D eigenvalue weighted by molar-refractivity contribution is 7.98. The van der Waals surface area contributed by atoms with Gasteiger partial charge in [-0.25, -0.2) is 13.2 Å². The van der Waals surface area contributed by atoms with Crippen LogP contribution in [0.4, 0.5) is 13.2 Å². The van der Waals surface area contributed by atoms with Crippen LogP contribution >= 0.6 is 11.8 Å². The highest BCUT2D eigenvalue weighted by Crippen LogP contribution is 2.31. The number of benzene rings is 2. The maximum absolute atomic E-state index is 14.4. The van der Waals surface area contributed by atoms with Crippen molar-refractivity contribution in [1.29, 1.82) is 0 Å². The van der Waals surface area contributed by atoms with Crippen molar-refractivity contribution in [3.8, 4) is 17.3 Å². The molecule has 2 heterocycles. The number of hydrogen-bond donors (Lipinski definition) is 0. The van der Waals surface area contributed by atoms with E-state index < -0.39 is 17.5 Å². The molecule has 4 nitrogen and oxygen atoms in total. The van der Waals surface area contributed by atoms with Crippen molar-refractivity contribution in [2.75, 3.05) is 0 Å². The molecule has 4 rings (SSSR count). The van der Waals surface area contributed by atoms with E-state index in [0.29, 0.717) is 11.6 Å². The minimum absolute atomic E-state index is 0.0246. The second-order valence-corrected chi connectivity index (χ2v) is 6.50. The SMILES string of the molecule is Fc1ccccc1-n1c(SCc2c(F)cccc2F)nnc1-c1ccco1. The first-order valence-electron chi connectivity index (χ1n) is 7.95. The Morgan fingerprint density at radius 2 is 1.59 bits per heavy atom. The van der Waals surface area contributed by atoms with E-state index in [2.05, 4.69) is 10.2 Å². The summed E-state index contributed by atoms with van der Waals surface area (Å²) < 4.78 is 49.0. The summed E-state index contributed by atoms with van der Waals surface area (Å²) in [5.41, 5.74) is 0.135. The van der Waals surface area contributed by atoms with Gasteiger partial charge in [0.25, 0.3) is 0 Å². The van der Waals surface area contributed by atoms with Crippen LogP contribution in [-0.4, -0.2) is 14.8 Å². The second-order valence-electron chi connectivity index (χ2n) is 5.56. The van der Waals surface area contributed by atoms with E-state index >= 15 is 0 Å². The van der Waals surface area contributed by atoms with Gasteiger partial charge in [-0.15, -0.1) is 10.2 Å². The van der Waals surface area contributed by atoms with E-state index in [1.54, 1.807) is 30.3 Å². The van der Waals surface area contributed by atoms with E-state index in [0.717, 1.165) is 11.8 Å². The van der Waals surface area contributed by atoms with E-state index in [1.165, 1.54) is 35.1 Å². The van der Waals surface area contributed by atoms with E-state index in [-0.39, 0.29) is 22.2 Å². The van der Waals surface area contributed by atoms with Crippen molar-refractivity contribution in [2.45, 2.75) is 10.9 Å². The Kier molecular flexibility index (Phi) is 4.72. The van der Waals surface area contributed by atoms with Gasteiger partial charge >= 0.3 is 0 Å². The Balaban J connectivity index is 1.76. The van der Waals surface area contributed by atoms with Gasteiger partial charge in [0.05, 0.1) is 12.0 Å². The van der Waals surface area contributed by atoms with Gasteiger partial charge in [-0.05, 0) is 36.4 Å². The van der Waals surface area contributed by atoms with E-state index in [1.807, 2.05) is 0 Å². The van der Waals surface area contributed by atoms with Crippen LogP contribution in [-0.2, 0) is 5.75 Å². The quantitative estimate of drug-likeness (QED) is 0.440. The van der Waals surface area contributed by atoms with Gasteiger partial charge in [-0.2, -0.15) is 0 Å². The van der Waals surface area contributed by atoms with Crippen LogP contribution in [0.5, 0.6) is 0 Å². The van der Waals surface area contributed by atoms with Crippen molar-refractivity contribution in [2.24, 2.45) is 0 Å². The number of hydrogen-bond acceptors (Lipinski definition) is 4. The van der Waals surface area contributed by atoms with Crippen LogP contribution < -0.4 is 0 Å². The fourth-order valence-electron chi connectivity index (χ4n) is 2.59. The average molecular weight is 387 g/mol. The topological polar surface area (TPSA) is 43.9 Å². The van der Waals surface area contributed by atoms with E-state index in [4.69, 9.17) is 4.42 Å². The normalized spacial score (nSPS) is 11.1. The third-order valence-corrected chi connectivity index (χ3v) is 4.83. The second kappa shape index (κ2) is 7.32. The van der Waals surface area contributed by atoms with Gasteiger partial charge in [0.2, 0.25) is 5.82 Å². The summed E-state index contributed by atoms with van der Waals surface area (Å²) in [6.45, 7) is 0. The number of rotatable bonds is 5. The molecular formula is C19H12F3N3OS. The van der Waals surface area contributed by atoms with Gasteiger partial charge < -0.3 is 4.42 Å². The zero-order valence-electron chi connectivity index (χ0n) is 13.8. The predicted molar refractivity (Wildman–Crippen MR) is 94.9 cm³/mol. The zero-order chi connectivity index (χ0) is 18.8. The first kappa shape index (κ1) is 17.4. The van der Waals surface area contributed by atoms with Gasteiger partial charge in [-0.3, -0.25) is 4.57 Å². The lowest BCUT2D eigenvalue weighted by molar-refractivity contribution is 0.566. The molecule has 0 saturated carbocycles. The highest BCUT2D eigenvalue weighted by atomic mass is 32.2. The fraction of sp³-hybridized carbons (Fsp3) is 0.0526. The molecule has 0 spiro atoms. The van der Waals surface area contributed by atoms with Crippen molar-refractivity contribution in [3.63, 3.8) is 0 Å². The minimum atomic E-state index is -0.647. The lowest BCUT2D eigenvalue weighted by atomic mass is 10.2. The molecule has 27 heavy (non-hydrogen) atoms. The van der Waals surface area contributed by atoms with Crippen molar-refractivity contribution in [3.05, 3.63) is 83.9 Å². The molecule has 0 aliphatic heterocycles. The third-order valence-electron chi connectivity index (χ3n) is 3.88. The number of halogens is 3. The summed E-state index contributed by atoms with van der Waals surface area (Å²) in [7, 11) is 0. The number of thioether (sulfide) groups is 1. The Bertz CT molecular complexity index is 1060. The maximum Gasteiger partial charge on any atom is 0.205 e. The Morgan fingerprint density at radius 3 is 2.30 bits per heavy atom. The lowest BCUT2D eigenvalue weighted by Gasteiger charge is -2.10. The first-order chi connectivity index (χ1) is 13.1. The molecule has 0 saturated heterocycles. The molecule has 0 aliphatic rings. The molecule has 2 aromatic heterocycles. The molecule has 8 heteroatoms. The molecule has 0 amide bonds. The maximum atomic E-state index is 14.4. The van der Waals surface area contributed by atoms with Crippen LogP contribution in [0.25, 0.3) is 17.3 Å². The molecule has 0 radical (unpaired) electrons. The van der Waals surface area contributed by atoms with Crippen LogP contribution in [0.2, 0.25) is 0 Å². The molecular weight excluding hydrogens is 375 g/mol. The van der Waals surface area contributed by atoms with Crippen molar-refractivity contribution < 1.29 is 17.6 Å². The summed E-state index contributed by atoms with van der Waals surface area (Å²) in [6, 6.07) is 13.2. The van der Waals surface area contributed by atoms with Crippen molar-refractivity contribution in [1.82, 2.24) is 14.8 Å². The Labute approximate surface area is 156 Å². The molecule has 2 aromatic carbocycles. The molecule has 0 aliphatic carbocycles. The summed E-state index contributed by atoms with van der Waals surface area (Å²) in [6.07, 6.45) is 1.47.